The van der Waals surface area contributed by atoms with Crippen molar-refractivity contribution >= 4 is 11.9 Å². The molecule has 0 saturated carbocycles. The highest BCUT2D eigenvalue weighted by molar-refractivity contribution is 5.80. The van der Waals surface area contributed by atoms with Gasteiger partial charge in [-0.05, 0) is 25.3 Å². The number of hydrogen-bond donors (Lipinski definition) is 3. The fourth-order valence-corrected chi connectivity index (χ4v) is 3.14. The number of benzene rings is 1. The Morgan fingerprint density at radius 3 is 2.52 bits per heavy atom. The van der Waals surface area contributed by atoms with E-state index in [2.05, 4.69) is 63.1 Å². The smallest absolute Gasteiger partial charge is 0.222 e. The topological polar surface area (TPSA) is 68.8 Å². The van der Waals surface area contributed by atoms with Crippen molar-refractivity contribution in [3.8, 4) is 0 Å². The third-order valence-electron chi connectivity index (χ3n) is 4.73. The second-order valence-electron chi connectivity index (χ2n) is 7.39. The first-order valence-corrected chi connectivity index (χ1v) is 10.2. The second kappa shape index (κ2) is 11.6. The molecule has 2 rings (SSSR count). The SMILES string of the molecule is CCNC(=NCCNC(=O)C(C)C)NC1CCN(Cc2ccccc2)CC1. The maximum atomic E-state index is 11.6. The lowest BCUT2D eigenvalue weighted by molar-refractivity contribution is -0.123. The van der Waals surface area contributed by atoms with Crippen LogP contribution in [0.4, 0.5) is 0 Å². The monoisotopic (exact) mass is 373 g/mol. The van der Waals surface area contributed by atoms with Crippen molar-refractivity contribution in [3.63, 3.8) is 0 Å². The Morgan fingerprint density at radius 2 is 1.89 bits per heavy atom. The van der Waals surface area contributed by atoms with E-state index >= 15 is 0 Å². The number of aliphatic imine (C=N–C) groups is 1. The number of likely N-dealkylation sites (tertiary alicyclic amines) is 1. The van der Waals surface area contributed by atoms with E-state index in [0.717, 1.165) is 45.0 Å². The van der Waals surface area contributed by atoms with Crippen molar-refractivity contribution in [2.75, 3.05) is 32.7 Å². The van der Waals surface area contributed by atoms with Gasteiger partial charge in [-0.2, -0.15) is 0 Å². The zero-order valence-electron chi connectivity index (χ0n) is 17.0. The molecule has 1 fully saturated rings. The van der Waals surface area contributed by atoms with Gasteiger partial charge in [-0.3, -0.25) is 14.7 Å². The fraction of sp³-hybridized carbons (Fsp3) is 0.619. The van der Waals surface area contributed by atoms with Crippen LogP contribution in [0.25, 0.3) is 0 Å². The fourth-order valence-electron chi connectivity index (χ4n) is 3.14. The molecule has 1 aromatic carbocycles. The van der Waals surface area contributed by atoms with E-state index < -0.39 is 0 Å². The summed E-state index contributed by atoms with van der Waals surface area (Å²) in [6, 6.07) is 11.1. The minimum atomic E-state index is 0.0152. The molecule has 6 nitrogen and oxygen atoms in total. The summed E-state index contributed by atoms with van der Waals surface area (Å²) in [7, 11) is 0. The minimum absolute atomic E-state index is 0.0152. The number of carbonyl (C=O) groups is 1. The Kier molecular flexibility index (Phi) is 9.11. The minimum Gasteiger partial charge on any atom is -0.357 e. The van der Waals surface area contributed by atoms with Crippen LogP contribution in [-0.4, -0.2) is 55.5 Å². The highest BCUT2D eigenvalue weighted by Gasteiger charge is 2.20. The highest BCUT2D eigenvalue weighted by atomic mass is 16.1. The van der Waals surface area contributed by atoms with Crippen molar-refractivity contribution in [1.29, 1.82) is 0 Å². The summed E-state index contributed by atoms with van der Waals surface area (Å²) >= 11 is 0. The molecule has 1 amide bonds. The number of piperidine rings is 1. The van der Waals surface area contributed by atoms with Crippen LogP contribution < -0.4 is 16.0 Å². The van der Waals surface area contributed by atoms with Crippen LogP contribution in [0.3, 0.4) is 0 Å². The average Bonchev–Trinajstić information content (AvgIpc) is 2.67. The van der Waals surface area contributed by atoms with Gasteiger partial charge in [-0.1, -0.05) is 44.2 Å². The lowest BCUT2D eigenvalue weighted by Crippen LogP contribution is -2.48. The van der Waals surface area contributed by atoms with Gasteiger partial charge in [0, 0.05) is 44.7 Å². The summed E-state index contributed by atoms with van der Waals surface area (Å²) < 4.78 is 0. The molecule has 27 heavy (non-hydrogen) atoms. The van der Waals surface area contributed by atoms with Gasteiger partial charge >= 0.3 is 0 Å². The Bertz CT molecular complexity index is 579. The quantitative estimate of drug-likeness (QED) is 0.370. The average molecular weight is 374 g/mol. The van der Waals surface area contributed by atoms with E-state index in [9.17, 15) is 4.79 Å². The van der Waals surface area contributed by atoms with Crippen molar-refractivity contribution in [2.24, 2.45) is 10.9 Å². The van der Waals surface area contributed by atoms with Crippen LogP contribution in [0.15, 0.2) is 35.3 Å². The van der Waals surface area contributed by atoms with E-state index in [4.69, 9.17) is 0 Å². The van der Waals surface area contributed by atoms with Gasteiger partial charge in [0.05, 0.1) is 6.54 Å². The van der Waals surface area contributed by atoms with Crippen molar-refractivity contribution in [1.82, 2.24) is 20.9 Å². The maximum absolute atomic E-state index is 11.6. The Balaban J connectivity index is 1.73. The molecule has 1 heterocycles. The zero-order valence-corrected chi connectivity index (χ0v) is 17.0. The van der Waals surface area contributed by atoms with Crippen LogP contribution in [0.1, 0.15) is 39.2 Å². The molecule has 0 spiro atoms. The summed E-state index contributed by atoms with van der Waals surface area (Å²) in [4.78, 5) is 18.7. The molecule has 1 aliphatic heterocycles. The maximum Gasteiger partial charge on any atom is 0.222 e. The van der Waals surface area contributed by atoms with Crippen LogP contribution in [0, 0.1) is 5.92 Å². The molecule has 1 aliphatic rings. The molecular formula is C21H35N5O. The van der Waals surface area contributed by atoms with E-state index in [1.807, 2.05) is 13.8 Å². The normalized spacial score (nSPS) is 16.4. The van der Waals surface area contributed by atoms with E-state index in [1.54, 1.807) is 0 Å². The van der Waals surface area contributed by atoms with Gasteiger partial charge < -0.3 is 16.0 Å². The lowest BCUT2D eigenvalue weighted by Gasteiger charge is -2.33. The van der Waals surface area contributed by atoms with Crippen LogP contribution >= 0.6 is 0 Å². The number of nitrogens with one attached hydrogen (secondary N) is 3. The Labute approximate surface area is 163 Å². The predicted octanol–water partition coefficient (Wildman–Crippen LogP) is 1.98. The number of nitrogens with zero attached hydrogens (tertiary/aromatic N) is 2. The Morgan fingerprint density at radius 1 is 1.19 bits per heavy atom. The van der Waals surface area contributed by atoms with Crippen molar-refractivity contribution < 1.29 is 4.79 Å². The van der Waals surface area contributed by atoms with Gasteiger partial charge in [0.1, 0.15) is 0 Å². The van der Waals surface area contributed by atoms with Crippen molar-refractivity contribution in [2.45, 2.75) is 46.2 Å². The molecule has 150 valence electrons. The third-order valence-corrected chi connectivity index (χ3v) is 4.73. The van der Waals surface area contributed by atoms with Gasteiger partial charge in [0.2, 0.25) is 5.91 Å². The standard InChI is InChI=1S/C21H35N5O/c1-4-22-21(24-13-12-23-20(27)17(2)3)25-19-10-14-26(15-11-19)16-18-8-6-5-7-9-18/h5-9,17,19H,4,10-16H2,1-3H3,(H,23,27)(H2,22,24,25). The molecule has 0 radical (unpaired) electrons. The lowest BCUT2D eigenvalue weighted by atomic mass is 10.0. The first kappa shape index (κ1) is 21.2. The van der Waals surface area contributed by atoms with Gasteiger partial charge in [-0.15, -0.1) is 0 Å². The molecule has 0 aromatic heterocycles. The molecule has 0 aliphatic carbocycles. The third kappa shape index (κ3) is 7.99. The largest absolute Gasteiger partial charge is 0.357 e. The molecule has 1 aromatic rings. The van der Waals surface area contributed by atoms with E-state index in [0.29, 0.717) is 19.1 Å². The molecular weight excluding hydrogens is 338 g/mol. The molecule has 1 saturated heterocycles. The first-order chi connectivity index (χ1) is 13.1. The summed E-state index contributed by atoms with van der Waals surface area (Å²) in [6.07, 6.45) is 2.22. The summed E-state index contributed by atoms with van der Waals surface area (Å²) in [5.41, 5.74) is 1.38. The predicted molar refractivity (Wildman–Crippen MR) is 112 cm³/mol. The van der Waals surface area contributed by atoms with Crippen LogP contribution in [-0.2, 0) is 11.3 Å². The number of carbonyl (C=O) groups excluding carboxylic acids is 1. The number of rotatable bonds is 8. The molecule has 0 bridgehead atoms. The summed E-state index contributed by atoms with van der Waals surface area (Å²) in [6.45, 7) is 11.1. The number of hydrogen-bond acceptors (Lipinski definition) is 3. The Hall–Kier alpha value is -2.08. The van der Waals surface area contributed by atoms with E-state index in [-0.39, 0.29) is 11.8 Å². The van der Waals surface area contributed by atoms with Gasteiger partial charge in [0.25, 0.3) is 0 Å². The summed E-state index contributed by atoms with van der Waals surface area (Å²) in [5, 5.41) is 9.76. The second-order valence-corrected chi connectivity index (χ2v) is 7.39. The number of amides is 1. The van der Waals surface area contributed by atoms with E-state index in [1.165, 1.54) is 5.56 Å². The first-order valence-electron chi connectivity index (χ1n) is 10.2. The zero-order chi connectivity index (χ0) is 19.5. The molecule has 0 atom stereocenters. The molecule has 3 N–H and O–H groups in total. The summed E-state index contributed by atoms with van der Waals surface area (Å²) in [5.74, 6) is 0.938. The highest BCUT2D eigenvalue weighted by Crippen LogP contribution is 2.13. The number of guanidine groups is 1. The van der Waals surface area contributed by atoms with Gasteiger partial charge in [-0.25, -0.2) is 0 Å². The molecule has 6 heteroatoms. The van der Waals surface area contributed by atoms with Crippen LogP contribution in [0.5, 0.6) is 0 Å². The van der Waals surface area contributed by atoms with Crippen molar-refractivity contribution in [3.05, 3.63) is 35.9 Å². The molecule has 0 unspecified atom stereocenters. The van der Waals surface area contributed by atoms with Gasteiger partial charge in [0.15, 0.2) is 5.96 Å². The van der Waals surface area contributed by atoms with Crippen LogP contribution in [0.2, 0.25) is 0 Å².